The van der Waals surface area contributed by atoms with Gasteiger partial charge in [0.05, 0.1) is 0 Å². The summed E-state index contributed by atoms with van der Waals surface area (Å²) >= 11 is 13.9. The Labute approximate surface area is 117 Å². The Kier molecular flexibility index (Phi) is 5.01. The molecule has 2 atom stereocenters. The van der Waals surface area contributed by atoms with Crippen LogP contribution in [-0.4, -0.2) is 10.2 Å². The second kappa shape index (κ2) is 6.31. The van der Waals surface area contributed by atoms with Crippen LogP contribution in [0.5, 0.6) is 0 Å². The summed E-state index contributed by atoms with van der Waals surface area (Å²) in [6.07, 6.45) is 7.23. The molecule has 0 amide bonds. The molecule has 0 radical (unpaired) electrons. The number of thioether (sulfide) groups is 1. The molecule has 1 aromatic rings. The van der Waals surface area contributed by atoms with Crippen LogP contribution in [0.1, 0.15) is 38.2 Å². The molecule has 1 saturated carbocycles. The van der Waals surface area contributed by atoms with Crippen molar-refractivity contribution in [3.63, 3.8) is 0 Å². The minimum Gasteiger partial charge on any atom is -0.244 e. The van der Waals surface area contributed by atoms with Crippen LogP contribution in [0.4, 0.5) is 0 Å². The van der Waals surface area contributed by atoms with Gasteiger partial charge in [-0.1, -0.05) is 43.0 Å². The Bertz CT molecular complexity index is 384. The number of rotatable bonds is 3. The maximum absolute atomic E-state index is 6.14. The fourth-order valence-electron chi connectivity index (χ4n) is 2.28. The molecule has 0 aliphatic heterocycles. The molecule has 2 rings (SSSR count). The van der Waals surface area contributed by atoms with Crippen LogP contribution in [-0.2, 0) is 5.75 Å². The quantitative estimate of drug-likeness (QED) is 0.710. The summed E-state index contributed by atoms with van der Waals surface area (Å²) < 4.78 is 0. The van der Waals surface area contributed by atoms with Gasteiger partial charge >= 0.3 is 0 Å². The smallest absolute Gasteiger partial charge is 0.130 e. The highest BCUT2D eigenvalue weighted by molar-refractivity contribution is 7.99. The van der Waals surface area contributed by atoms with Gasteiger partial charge in [-0.2, -0.15) is 11.8 Å². The van der Waals surface area contributed by atoms with E-state index in [1.54, 1.807) is 12.3 Å². The summed E-state index contributed by atoms with van der Waals surface area (Å²) in [6, 6.07) is 1.72. The van der Waals surface area contributed by atoms with E-state index in [9.17, 15) is 0 Å². The number of nitrogens with zero attached hydrogens (tertiary/aromatic N) is 1. The molecule has 1 nitrogen and oxygen atoms in total. The molecule has 4 heteroatoms. The van der Waals surface area contributed by atoms with E-state index in [0.29, 0.717) is 5.15 Å². The normalized spacial score (nSPS) is 24.9. The lowest BCUT2D eigenvalue weighted by molar-refractivity contribution is 0.394. The summed E-state index contributed by atoms with van der Waals surface area (Å²) in [5, 5.41) is 1.99. The van der Waals surface area contributed by atoms with Crippen molar-refractivity contribution in [1.29, 1.82) is 0 Å². The standard InChI is InChI=1S/C13H17Cl2NS/c1-9-3-2-4-11(5-9)17-8-10-7-16-13(15)6-12(10)14/h6-7,9,11H,2-5,8H2,1H3. The molecule has 0 N–H and O–H groups in total. The Balaban J connectivity index is 1.88. The van der Waals surface area contributed by atoms with Crippen molar-refractivity contribution < 1.29 is 0 Å². The molecule has 1 aromatic heterocycles. The maximum atomic E-state index is 6.14. The number of aromatic nitrogens is 1. The van der Waals surface area contributed by atoms with Gasteiger partial charge < -0.3 is 0 Å². The van der Waals surface area contributed by atoms with Crippen LogP contribution in [0, 0.1) is 5.92 Å². The molecular formula is C13H17Cl2NS. The van der Waals surface area contributed by atoms with E-state index >= 15 is 0 Å². The van der Waals surface area contributed by atoms with Gasteiger partial charge in [0.1, 0.15) is 5.15 Å². The molecule has 0 aromatic carbocycles. The molecule has 0 bridgehead atoms. The predicted octanol–water partition coefficient (Wildman–Crippen LogP) is 5.20. The number of halogens is 2. The molecule has 1 heterocycles. The van der Waals surface area contributed by atoms with Gasteiger partial charge in [0.15, 0.2) is 0 Å². The zero-order valence-corrected chi connectivity index (χ0v) is 12.3. The van der Waals surface area contributed by atoms with Crippen molar-refractivity contribution in [2.24, 2.45) is 5.92 Å². The Morgan fingerprint density at radius 1 is 1.41 bits per heavy atom. The zero-order valence-electron chi connectivity index (χ0n) is 9.96. The van der Waals surface area contributed by atoms with Crippen LogP contribution in [0.3, 0.4) is 0 Å². The summed E-state index contributed by atoms with van der Waals surface area (Å²) in [4.78, 5) is 4.09. The van der Waals surface area contributed by atoms with Crippen molar-refractivity contribution >= 4 is 35.0 Å². The van der Waals surface area contributed by atoms with Crippen LogP contribution < -0.4 is 0 Å². The summed E-state index contributed by atoms with van der Waals surface area (Å²) in [5.41, 5.74) is 1.10. The summed E-state index contributed by atoms with van der Waals surface area (Å²) in [6.45, 7) is 2.35. The van der Waals surface area contributed by atoms with E-state index in [-0.39, 0.29) is 0 Å². The molecule has 94 valence electrons. The molecular weight excluding hydrogens is 273 g/mol. The first kappa shape index (κ1) is 13.5. The van der Waals surface area contributed by atoms with Gasteiger partial charge in [0.25, 0.3) is 0 Å². The Morgan fingerprint density at radius 3 is 2.94 bits per heavy atom. The largest absolute Gasteiger partial charge is 0.244 e. The molecule has 1 aliphatic carbocycles. The van der Waals surface area contributed by atoms with E-state index in [2.05, 4.69) is 11.9 Å². The van der Waals surface area contributed by atoms with E-state index in [1.165, 1.54) is 25.7 Å². The molecule has 17 heavy (non-hydrogen) atoms. The van der Waals surface area contributed by atoms with Gasteiger partial charge in [-0.15, -0.1) is 0 Å². The van der Waals surface area contributed by atoms with Crippen molar-refractivity contribution in [3.8, 4) is 0 Å². The van der Waals surface area contributed by atoms with Crippen LogP contribution >= 0.6 is 35.0 Å². The summed E-state index contributed by atoms with van der Waals surface area (Å²) in [5.74, 6) is 1.82. The topological polar surface area (TPSA) is 12.9 Å². The van der Waals surface area contributed by atoms with Crippen LogP contribution in [0.15, 0.2) is 12.3 Å². The third-order valence-corrected chi connectivity index (χ3v) is 5.19. The lowest BCUT2D eigenvalue weighted by Crippen LogP contribution is -2.15. The molecule has 0 saturated heterocycles. The van der Waals surface area contributed by atoms with Crippen molar-refractivity contribution in [2.75, 3.05) is 0 Å². The second-order valence-corrected chi connectivity index (χ2v) is 6.89. The monoisotopic (exact) mass is 289 g/mol. The minimum absolute atomic E-state index is 0.468. The predicted molar refractivity (Wildman–Crippen MR) is 77.0 cm³/mol. The highest BCUT2D eigenvalue weighted by Gasteiger charge is 2.19. The van der Waals surface area contributed by atoms with Crippen LogP contribution in [0.2, 0.25) is 10.2 Å². The van der Waals surface area contributed by atoms with Crippen molar-refractivity contribution in [3.05, 3.63) is 28.0 Å². The van der Waals surface area contributed by atoms with Crippen molar-refractivity contribution in [1.82, 2.24) is 4.98 Å². The third kappa shape index (κ3) is 4.04. The number of hydrogen-bond donors (Lipinski definition) is 0. The summed E-state index contributed by atoms with van der Waals surface area (Å²) in [7, 11) is 0. The average molecular weight is 290 g/mol. The minimum atomic E-state index is 0.468. The highest BCUT2D eigenvalue weighted by atomic mass is 35.5. The van der Waals surface area contributed by atoms with Gasteiger partial charge in [-0.25, -0.2) is 4.98 Å². The number of pyridine rings is 1. The van der Waals surface area contributed by atoms with Crippen molar-refractivity contribution in [2.45, 2.75) is 43.6 Å². The van der Waals surface area contributed by atoms with E-state index in [0.717, 1.165) is 27.5 Å². The lowest BCUT2D eigenvalue weighted by atomic mass is 9.91. The van der Waals surface area contributed by atoms with Gasteiger partial charge in [0, 0.05) is 22.2 Å². The van der Waals surface area contributed by atoms with Gasteiger partial charge in [-0.05, 0) is 30.4 Å². The first-order valence-corrected chi connectivity index (χ1v) is 7.87. The Morgan fingerprint density at radius 2 is 2.24 bits per heavy atom. The van der Waals surface area contributed by atoms with Gasteiger partial charge in [0.2, 0.25) is 0 Å². The van der Waals surface area contributed by atoms with E-state index in [1.807, 2.05) is 11.8 Å². The third-order valence-electron chi connectivity index (χ3n) is 3.26. The lowest BCUT2D eigenvalue weighted by Gasteiger charge is -2.26. The highest BCUT2D eigenvalue weighted by Crippen LogP contribution is 2.34. The average Bonchev–Trinajstić information content (AvgIpc) is 2.28. The zero-order chi connectivity index (χ0) is 12.3. The van der Waals surface area contributed by atoms with E-state index in [4.69, 9.17) is 23.2 Å². The SMILES string of the molecule is CC1CCCC(SCc2cnc(Cl)cc2Cl)C1. The molecule has 1 aliphatic rings. The molecule has 1 fully saturated rings. The Hall–Kier alpha value is 0.0800. The van der Waals surface area contributed by atoms with E-state index < -0.39 is 0 Å². The maximum Gasteiger partial charge on any atom is 0.130 e. The molecule has 0 spiro atoms. The van der Waals surface area contributed by atoms with Crippen LogP contribution in [0.25, 0.3) is 0 Å². The first-order chi connectivity index (χ1) is 8.15. The second-order valence-electron chi connectivity index (χ2n) is 4.80. The fraction of sp³-hybridized carbons (Fsp3) is 0.615. The first-order valence-electron chi connectivity index (χ1n) is 6.06. The fourth-order valence-corrected chi connectivity index (χ4v) is 4.23. The molecule has 2 unspecified atom stereocenters. The number of hydrogen-bond acceptors (Lipinski definition) is 2. The van der Waals surface area contributed by atoms with Gasteiger partial charge in [-0.3, -0.25) is 0 Å².